The highest BCUT2D eigenvalue weighted by Gasteiger charge is 2.45. The highest BCUT2D eigenvalue weighted by molar-refractivity contribution is 6.17. The van der Waals surface area contributed by atoms with Gasteiger partial charge >= 0.3 is 0 Å². The summed E-state index contributed by atoms with van der Waals surface area (Å²) in [5, 5.41) is 11.9. The fourth-order valence-corrected chi connectivity index (χ4v) is 4.84. The van der Waals surface area contributed by atoms with Crippen LogP contribution in [0.3, 0.4) is 0 Å². The predicted molar refractivity (Wildman–Crippen MR) is 136 cm³/mol. The summed E-state index contributed by atoms with van der Waals surface area (Å²) in [6, 6.07) is 23.9. The van der Waals surface area contributed by atoms with Gasteiger partial charge in [-0.05, 0) is 30.2 Å². The fourth-order valence-electron chi connectivity index (χ4n) is 4.84. The molecule has 35 heavy (non-hydrogen) atoms. The number of amides is 1. The Balaban J connectivity index is 1.62. The topological polar surface area (TPSA) is 71.8 Å². The van der Waals surface area contributed by atoms with E-state index < -0.39 is 17.7 Å². The number of rotatable bonds is 7. The molecule has 1 amide bonds. The van der Waals surface area contributed by atoms with Crippen LogP contribution in [0.5, 0.6) is 5.75 Å². The molecule has 2 heterocycles. The molecule has 1 N–H and O–H groups in total. The van der Waals surface area contributed by atoms with Crippen LogP contribution in [0.1, 0.15) is 23.6 Å². The molecule has 3 aromatic carbocycles. The van der Waals surface area contributed by atoms with Gasteiger partial charge in [0.05, 0.1) is 18.7 Å². The molecule has 1 aliphatic rings. The summed E-state index contributed by atoms with van der Waals surface area (Å²) in [7, 11) is 3.49. The maximum Gasteiger partial charge on any atom is 0.294 e. The van der Waals surface area contributed by atoms with Gasteiger partial charge < -0.3 is 14.4 Å². The summed E-state index contributed by atoms with van der Waals surface area (Å²) in [6.45, 7) is 0. The van der Waals surface area contributed by atoms with Crippen molar-refractivity contribution in [2.75, 3.05) is 12.0 Å². The molecule has 4 aromatic rings. The van der Waals surface area contributed by atoms with Gasteiger partial charge in [-0.25, -0.2) is 0 Å². The molecule has 1 unspecified atom stereocenters. The van der Waals surface area contributed by atoms with Crippen molar-refractivity contribution in [2.45, 2.75) is 18.9 Å². The molecular weight excluding hydrogens is 440 g/mol. The van der Waals surface area contributed by atoms with E-state index in [1.807, 2.05) is 72.4 Å². The smallest absolute Gasteiger partial charge is 0.294 e. The third-order valence-electron chi connectivity index (χ3n) is 6.55. The van der Waals surface area contributed by atoms with Gasteiger partial charge in [0.25, 0.3) is 5.91 Å². The third kappa shape index (κ3) is 3.97. The van der Waals surface area contributed by atoms with Crippen molar-refractivity contribution in [3.8, 4) is 5.75 Å². The van der Waals surface area contributed by atoms with Gasteiger partial charge in [0, 0.05) is 47.9 Å². The zero-order chi connectivity index (χ0) is 24.5. The quantitative estimate of drug-likeness (QED) is 0.402. The number of nitrogens with zero attached hydrogens (tertiary/aromatic N) is 2. The number of para-hydroxylation sites is 1. The molecule has 1 atom stereocenters. The summed E-state index contributed by atoms with van der Waals surface area (Å²) in [5.41, 5.74) is 3.46. The van der Waals surface area contributed by atoms with Crippen LogP contribution in [0.2, 0.25) is 0 Å². The van der Waals surface area contributed by atoms with Gasteiger partial charge in [-0.3, -0.25) is 14.5 Å². The van der Waals surface area contributed by atoms with E-state index in [1.54, 1.807) is 31.4 Å². The Morgan fingerprint density at radius 1 is 1.00 bits per heavy atom. The molecule has 0 saturated carbocycles. The lowest BCUT2D eigenvalue weighted by atomic mass is 9.92. The Hall–Kier alpha value is -4.32. The normalized spacial score (nSPS) is 15.8. The Kier molecular flexibility index (Phi) is 5.87. The number of carbonyl (C=O) groups excluding carboxylic acids is 2. The van der Waals surface area contributed by atoms with Crippen LogP contribution in [0.15, 0.2) is 96.4 Å². The lowest BCUT2D eigenvalue weighted by Crippen LogP contribution is -2.31. The number of aryl methyl sites for hydroxylation is 2. The number of fused-ring (bicyclic) bond motifs is 1. The number of Topliss-reactive ketones (excluding diaryl/α,β-unsaturated/α-hetero) is 1. The lowest BCUT2D eigenvalue weighted by Gasteiger charge is -2.27. The van der Waals surface area contributed by atoms with E-state index in [2.05, 4.69) is 0 Å². The number of hydrogen-bond donors (Lipinski definition) is 1. The van der Waals surface area contributed by atoms with Gasteiger partial charge in [-0.15, -0.1) is 0 Å². The molecule has 6 heteroatoms. The zero-order valence-corrected chi connectivity index (χ0v) is 19.6. The van der Waals surface area contributed by atoms with Gasteiger partial charge in [0.1, 0.15) is 5.75 Å². The molecule has 0 bridgehead atoms. The van der Waals surface area contributed by atoms with E-state index in [4.69, 9.17) is 4.74 Å². The van der Waals surface area contributed by atoms with Crippen molar-refractivity contribution in [3.63, 3.8) is 0 Å². The number of benzene rings is 3. The van der Waals surface area contributed by atoms with Gasteiger partial charge in [0.2, 0.25) is 0 Å². The molecule has 1 aromatic heterocycles. The average Bonchev–Trinajstić information content (AvgIpc) is 3.36. The number of methoxy groups -OCH3 is 1. The van der Waals surface area contributed by atoms with E-state index in [1.165, 1.54) is 4.90 Å². The number of aliphatic hydroxyl groups is 1. The van der Waals surface area contributed by atoms with Gasteiger partial charge in [0.15, 0.2) is 11.5 Å². The zero-order valence-electron chi connectivity index (χ0n) is 19.6. The van der Waals surface area contributed by atoms with Crippen LogP contribution < -0.4 is 9.64 Å². The Morgan fingerprint density at radius 2 is 1.74 bits per heavy atom. The number of aliphatic hydroxyl groups excluding tert-OH is 1. The van der Waals surface area contributed by atoms with E-state index in [0.717, 1.165) is 22.0 Å². The monoisotopic (exact) mass is 466 g/mol. The Bertz CT molecular complexity index is 1450. The molecule has 0 fully saturated rings. The first-order chi connectivity index (χ1) is 17.0. The maximum absolute atomic E-state index is 13.6. The number of ether oxygens (including phenoxy) is 1. The average molecular weight is 467 g/mol. The molecule has 0 saturated heterocycles. The number of carbonyl (C=O) groups is 2. The minimum absolute atomic E-state index is 0.130. The largest absolute Gasteiger partial charge is 0.503 e. The van der Waals surface area contributed by atoms with Gasteiger partial charge in [-0.2, -0.15) is 0 Å². The summed E-state index contributed by atoms with van der Waals surface area (Å²) < 4.78 is 7.34. The minimum atomic E-state index is -0.760. The lowest BCUT2D eigenvalue weighted by molar-refractivity contribution is -0.118. The summed E-state index contributed by atoms with van der Waals surface area (Å²) >= 11 is 0. The summed E-state index contributed by atoms with van der Waals surface area (Å²) in [6.07, 6.45) is 2.63. The molecule has 176 valence electrons. The highest BCUT2D eigenvalue weighted by Crippen LogP contribution is 2.44. The van der Waals surface area contributed by atoms with Crippen LogP contribution in [-0.4, -0.2) is 28.5 Å². The van der Waals surface area contributed by atoms with E-state index in [-0.39, 0.29) is 17.8 Å². The fraction of sp³-hybridized carbons (Fsp3) is 0.172. The third-order valence-corrected chi connectivity index (χ3v) is 6.55. The van der Waals surface area contributed by atoms with Crippen molar-refractivity contribution in [3.05, 3.63) is 108 Å². The highest BCUT2D eigenvalue weighted by atomic mass is 16.5. The molecule has 0 aliphatic carbocycles. The molecular formula is C29H26N2O4. The van der Waals surface area contributed by atoms with Crippen LogP contribution >= 0.6 is 0 Å². The van der Waals surface area contributed by atoms with Crippen LogP contribution in [0.4, 0.5) is 5.69 Å². The second kappa shape index (κ2) is 9.14. The molecule has 5 rings (SSSR count). The SMILES string of the molecule is COc1cccc(N2C(=O)C(O)=C(C(=O)CCc3ccccc3)C2c2cn(C)c3ccccc23)c1. The second-order valence-electron chi connectivity index (χ2n) is 8.66. The standard InChI is InChI=1S/C29H26N2O4/c1-30-18-23(22-13-6-7-14-24(22)30)27-26(25(32)16-15-19-9-4-3-5-10-19)28(33)29(34)31(27)20-11-8-12-21(17-20)35-2/h3-14,17-18,27,33H,15-16H2,1-2H3. The molecule has 0 radical (unpaired) electrons. The van der Waals surface area contributed by atoms with Crippen LogP contribution in [-0.2, 0) is 23.1 Å². The number of ketones is 1. The van der Waals surface area contributed by atoms with Crippen molar-refractivity contribution < 1.29 is 19.4 Å². The molecule has 0 spiro atoms. The van der Waals surface area contributed by atoms with Gasteiger partial charge in [-0.1, -0.05) is 54.6 Å². The van der Waals surface area contributed by atoms with E-state index in [9.17, 15) is 14.7 Å². The van der Waals surface area contributed by atoms with E-state index in [0.29, 0.717) is 17.9 Å². The number of anilines is 1. The minimum Gasteiger partial charge on any atom is -0.503 e. The van der Waals surface area contributed by atoms with Crippen molar-refractivity contribution in [1.29, 1.82) is 0 Å². The molecule has 6 nitrogen and oxygen atoms in total. The summed E-state index contributed by atoms with van der Waals surface area (Å²) in [4.78, 5) is 28.5. The predicted octanol–water partition coefficient (Wildman–Crippen LogP) is 5.29. The van der Waals surface area contributed by atoms with E-state index >= 15 is 0 Å². The number of aromatic nitrogens is 1. The van der Waals surface area contributed by atoms with Crippen LogP contribution in [0.25, 0.3) is 10.9 Å². The first-order valence-electron chi connectivity index (χ1n) is 11.5. The Labute approximate surface area is 203 Å². The van der Waals surface area contributed by atoms with Crippen molar-refractivity contribution in [2.24, 2.45) is 7.05 Å². The number of hydrogen-bond acceptors (Lipinski definition) is 4. The first kappa shape index (κ1) is 22.5. The van der Waals surface area contributed by atoms with Crippen molar-refractivity contribution in [1.82, 2.24) is 4.57 Å². The summed E-state index contributed by atoms with van der Waals surface area (Å²) in [5.74, 6) is -0.763. The second-order valence-corrected chi connectivity index (χ2v) is 8.66. The van der Waals surface area contributed by atoms with Crippen LogP contribution in [0, 0.1) is 0 Å². The Morgan fingerprint density at radius 3 is 2.51 bits per heavy atom. The van der Waals surface area contributed by atoms with Crippen molar-refractivity contribution >= 4 is 28.3 Å². The maximum atomic E-state index is 13.6. The first-order valence-corrected chi connectivity index (χ1v) is 11.5. The molecule has 1 aliphatic heterocycles.